The van der Waals surface area contributed by atoms with Gasteiger partial charge < -0.3 is 5.11 Å². The van der Waals surface area contributed by atoms with Crippen LogP contribution < -0.4 is 0 Å². The molecule has 5 heteroatoms. The lowest BCUT2D eigenvalue weighted by atomic mass is 9.81. The van der Waals surface area contributed by atoms with Crippen LogP contribution in [0.25, 0.3) is 0 Å². The van der Waals surface area contributed by atoms with Crippen LogP contribution in [-0.4, -0.2) is 20.4 Å². The average Bonchev–Trinajstić information content (AvgIpc) is 2.75. The molecule has 0 aromatic heterocycles. The Morgan fingerprint density at radius 1 is 0.821 bits per heavy atom. The third-order valence-electron chi connectivity index (χ3n) is 5.14. The molecular formula is C23H22O4S. The standard InChI is InChI=1S/C23H22O4S/c1-22(24)21(28(25)20-15-9-4-10-16-20)17-23(27-26-22,18-11-5-2-6-12-18)19-13-7-3-8-14-19/h2-16,21,24H,17H2,1H3/t21-,22+,28?/m0/s1. The molecule has 1 aliphatic rings. The highest BCUT2D eigenvalue weighted by Crippen LogP contribution is 2.46. The molecule has 0 spiro atoms. The van der Waals surface area contributed by atoms with E-state index >= 15 is 0 Å². The minimum Gasteiger partial charge on any atom is -0.363 e. The van der Waals surface area contributed by atoms with Gasteiger partial charge in [0.2, 0.25) is 5.79 Å². The Morgan fingerprint density at radius 2 is 1.29 bits per heavy atom. The molecule has 1 unspecified atom stereocenters. The lowest BCUT2D eigenvalue weighted by Gasteiger charge is -2.45. The van der Waals surface area contributed by atoms with Crippen LogP contribution in [0.3, 0.4) is 0 Å². The van der Waals surface area contributed by atoms with Gasteiger partial charge in [-0.1, -0.05) is 78.9 Å². The third kappa shape index (κ3) is 3.42. The van der Waals surface area contributed by atoms with E-state index in [1.165, 1.54) is 6.92 Å². The Balaban J connectivity index is 1.81. The van der Waals surface area contributed by atoms with Crippen molar-refractivity contribution in [2.75, 3.05) is 0 Å². The summed E-state index contributed by atoms with van der Waals surface area (Å²) in [4.78, 5) is 12.0. The first-order valence-electron chi connectivity index (χ1n) is 9.19. The molecule has 1 saturated heterocycles. The SMILES string of the molecule is C[C@@]1(O)OOC(c2ccccc2)(c2ccccc2)C[C@@H]1S(=O)c1ccccc1. The number of rotatable bonds is 4. The second-order valence-corrected chi connectivity index (χ2v) is 8.72. The zero-order chi connectivity index (χ0) is 19.6. The molecule has 1 fully saturated rings. The van der Waals surface area contributed by atoms with Gasteiger partial charge in [-0.05, 0) is 30.2 Å². The van der Waals surface area contributed by atoms with Crippen molar-refractivity contribution in [1.82, 2.24) is 0 Å². The van der Waals surface area contributed by atoms with E-state index < -0.39 is 27.4 Å². The molecule has 0 radical (unpaired) electrons. The molecule has 4 rings (SSSR count). The van der Waals surface area contributed by atoms with Crippen LogP contribution in [0.2, 0.25) is 0 Å². The summed E-state index contributed by atoms with van der Waals surface area (Å²) in [5.74, 6) is -1.69. The molecule has 3 aromatic carbocycles. The van der Waals surface area contributed by atoms with Crippen molar-refractivity contribution in [3.63, 3.8) is 0 Å². The molecule has 1 heterocycles. The van der Waals surface area contributed by atoms with Crippen LogP contribution in [0.15, 0.2) is 95.9 Å². The van der Waals surface area contributed by atoms with Crippen molar-refractivity contribution < 1.29 is 19.1 Å². The molecule has 28 heavy (non-hydrogen) atoms. The van der Waals surface area contributed by atoms with Gasteiger partial charge in [0.1, 0.15) is 0 Å². The van der Waals surface area contributed by atoms with Gasteiger partial charge >= 0.3 is 0 Å². The summed E-state index contributed by atoms with van der Waals surface area (Å²) in [7, 11) is -1.49. The van der Waals surface area contributed by atoms with E-state index in [1.54, 1.807) is 12.1 Å². The lowest BCUT2D eigenvalue weighted by molar-refractivity contribution is -0.475. The number of hydrogen-bond acceptors (Lipinski definition) is 4. The minimum absolute atomic E-state index is 0.301. The maximum Gasteiger partial charge on any atom is 0.211 e. The molecule has 0 bridgehead atoms. The highest BCUT2D eigenvalue weighted by Gasteiger charge is 2.53. The zero-order valence-electron chi connectivity index (χ0n) is 15.5. The average molecular weight is 394 g/mol. The van der Waals surface area contributed by atoms with Crippen molar-refractivity contribution in [3.8, 4) is 0 Å². The maximum absolute atomic E-state index is 13.4. The molecule has 1 N–H and O–H groups in total. The first-order chi connectivity index (χ1) is 13.5. The summed E-state index contributed by atoms with van der Waals surface area (Å²) in [6.45, 7) is 1.50. The molecule has 3 atom stereocenters. The van der Waals surface area contributed by atoms with E-state index in [2.05, 4.69) is 0 Å². The van der Waals surface area contributed by atoms with E-state index in [9.17, 15) is 9.32 Å². The van der Waals surface area contributed by atoms with Crippen molar-refractivity contribution in [3.05, 3.63) is 102 Å². The van der Waals surface area contributed by atoms with Gasteiger partial charge in [0.15, 0.2) is 5.60 Å². The first-order valence-corrected chi connectivity index (χ1v) is 10.4. The normalized spacial score (nSPS) is 25.1. The predicted octanol–water partition coefficient (Wildman–Crippen LogP) is 4.17. The van der Waals surface area contributed by atoms with Gasteiger partial charge in [0.25, 0.3) is 0 Å². The summed E-state index contributed by atoms with van der Waals surface area (Å²) < 4.78 is 13.4. The van der Waals surface area contributed by atoms with E-state index in [4.69, 9.17) is 9.78 Å². The van der Waals surface area contributed by atoms with Crippen LogP contribution in [0.1, 0.15) is 24.5 Å². The highest BCUT2D eigenvalue weighted by atomic mass is 32.2. The quantitative estimate of drug-likeness (QED) is 0.675. The van der Waals surface area contributed by atoms with Gasteiger partial charge in [-0.25, -0.2) is 4.89 Å². The summed E-state index contributed by atoms with van der Waals surface area (Å²) >= 11 is 0. The molecule has 1 aliphatic heterocycles. The monoisotopic (exact) mass is 394 g/mol. The van der Waals surface area contributed by atoms with Gasteiger partial charge in [-0.2, -0.15) is 4.89 Å². The number of aliphatic hydroxyl groups is 1. The van der Waals surface area contributed by atoms with Crippen molar-refractivity contribution >= 4 is 10.8 Å². The smallest absolute Gasteiger partial charge is 0.211 e. The highest BCUT2D eigenvalue weighted by molar-refractivity contribution is 7.85. The summed E-state index contributed by atoms with van der Waals surface area (Å²) in [5, 5.41) is 10.2. The fourth-order valence-electron chi connectivity index (χ4n) is 3.60. The van der Waals surface area contributed by atoms with Crippen molar-refractivity contribution in [2.24, 2.45) is 0 Å². The molecule has 3 aromatic rings. The van der Waals surface area contributed by atoms with Gasteiger partial charge in [-0.15, -0.1) is 0 Å². The molecule has 144 valence electrons. The Bertz CT molecular complexity index is 903. The molecule has 0 amide bonds. The van der Waals surface area contributed by atoms with Gasteiger partial charge in [0.05, 0.1) is 16.0 Å². The van der Waals surface area contributed by atoms with Crippen LogP contribution in [0.4, 0.5) is 0 Å². The Labute approximate surface area is 167 Å². The number of benzene rings is 3. The van der Waals surface area contributed by atoms with Crippen LogP contribution >= 0.6 is 0 Å². The summed E-state index contributed by atoms with van der Waals surface area (Å²) in [6.07, 6.45) is 0.301. The van der Waals surface area contributed by atoms with E-state index in [0.717, 1.165) is 11.1 Å². The predicted molar refractivity (Wildman–Crippen MR) is 108 cm³/mol. The largest absolute Gasteiger partial charge is 0.363 e. The first kappa shape index (κ1) is 19.0. The fraction of sp³-hybridized carbons (Fsp3) is 0.217. The second kappa shape index (κ2) is 7.60. The van der Waals surface area contributed by atoms with Gasteiger partial charge in [-0.3, -0.25) is 4.21 Å². The Morgan fingerprint density at radius 3 is 1.79 bits per heavy atom. The third-order valence-corrected chi connectivity index (χ3v) is 6.99. The summed E-state index contributed by atoms with van der Waals surface area (Å²) in [6, 6.07) is 28.6. The Hall–Kier alpha value is -2.31. The number of hydrogen-bond donors (Lipinski definition) is 1. The summed E-state index contributed by atoms with van der Waals surface area (Å²) in [5.41, 5.74) is 0.790. The van der Waals surface area contributed by atoms with Crippen molar-refractivity contribution in [2.45, 2.75) is 34.9 Å². The molecule has 0 aliphatic carbocycles. The Kier molecular flexibility index (Phi) is 5.17. The minimum atomic E-state index is -1.69. The van der Waals surface area contributed by atoms with E-state index in [-0.39, 0.29) is 0 Å². The van der Waals surface area contributed by atoms with Gasteiger partial charge in [0, 0.05) is 11.3 Å². The van der Waals surface area contributed by atoms with Crippen molar-refractivity contribution in [1.29, 1.82) is 0 Å². The van der Waals surface area contributed by atoms with Crippen LogP contribution in [0.5, 0.6) is 0 Å². The van der Waals surface area contributed by atoms with E-state index in [1.807, 2.05) is 78.9 Å². The van der Waals surface area contributed by atoms with Crippen LogP contribution in [-0.2, 0) is 26.2 Å². The molecule has 0 saturated carbocycles. The van der Waals surface area contributed by atoms with Crippen LogP contribution in [0, 0.1) is 0 Å². The lowest BCUT2D eigenvalue weighted by Crippen LogP contribution is -2.55. The molecule has 4 nitrogen and oxygen atoms in total. The zero-order valence-corrected chi connectivity index (χ0v) is 16.3. The fourth-order valence-corrected chi connectivity index (χ4v) is 5.18. The topological polar surface area (TPSA) is 55.8 Å². The second-order valence-electron chi connectivity index (χ2n) is 7.08. The maximum atomic E-state index is 13.4. The van der Waals surface area contributed by atoms with E-state index in [0.29, 0.717) is 11.3 Å². The molecular weight excluding hydrogens is 372 g/mol.